The van der Waals surface area contributed by atoms with Crippen LogP contribution in [0.4, 0.5) is 5.82 Å². The van der Waals surface area contributed by atoms with Gasteiger partial charge in [-0.05, 0) is 43.7 Å². The van der Waals surface area contributed by atoms with Crippen molar-refractivity contribution in [3.63, 3.8) is 0 Å². The smallest absolute Gasteiger partial charge is 0.171 e. The predicted octanol–water partition coefficient (Wildman–Crippen LogP) is 1.40. The number of ether oxygens (including phenoxy) is 1. The van der Waals surface area contributed by atoms with Gasteiger partial charge in [0, 0.05) is 25.8 Å². The fourth-order valence-electron chi connectivity index (χ4n) is 2.03. The first-order valence-corrected chi connectivity index (χ1v) is 7.42. The molecule has 0 aromatic carbocycles. The molecular weight excluding hydrogens is 272 g/mol. The normalized spacial score (nSPS) is 15.8. The third-order valence-electron chi connectivity index (χ3n) is 3.19. The Balaban J connectivity index is 1.59. The number of aryl methyl sites for hydroxylation is 1. The molecule has 1 aliphatic rings. The Kier molecular flexibility index (Phi) is 6.17. The lowest BCUT2D eigenvalue weighted by molar-refractivity contribution is 0.0376. The first kappa shape index (κ1) is 15.2. The van der Waals surface area contributed by atoms with Crippen LogP contribution in [0.1, 0.15) is 12.0 Å². The summed E-state index contributed by atoms with van der Waals surface area (Å²) in [5.41, 5.74) is 1.14. The van der Waals surface area contributed by atoms with Gasteiger partial charge in [-0.2, -0.15) is 0 Å². The molecule has 0 amide bonds. The van der Waals surface area contributed by atoms with E-state index in [1.165, 1.54) is 0 Å². The zero-order chi connectivity index (χ0) is 14.2. The van der Waals surface area contributed by atoms with E-state index in [0.717, 1.165) is 57.2 Å². The monoisotopic (exact) mass is 294 g/mol. The van der Waals surface area contributed by atoms with Crippen molar-refractivity contribution in [1.29, 1.82) is 0 Å². The molecule has 1 aromatic heterocycles. The highest BCUT2D eigenvalue weighted by molar-refractivity contribution is 7.80. The molecule has 0 aliphatic carbocycles. The summed E-state index contributed by atoms with van der Waals surface area (Å²) in [4.78, 5) is 6.68. The lowest BCUT2D eigenvalue weighted by atomic mass is 10.3. The summed E-state index contributed by atoms with van der Waals surface area (Å²) in [6.07, 6.45) is 2.90. The Bertz CT molecular complexity index is 418. The van der Waals surface area contributed by atoms with Gasteiger partial charge >= 0.3 is 0 Å². The average molecular weight is 294 g/mol. The van der Waals surface area contributed by atoms with Crippen molar-refractivity contribution in [2.24, 2.45) is 0 Å². The molecule has 110 valence electrons. The molecule has 2 rings (SSSR count). The third-order valence-corrected chi connectivity index (χ3v) is 3.44. The summed E-state index contributed by atoms with van der Waals surface area (Å²) in [6, 6.07) is 3.94. The number of pyridine rings is 1. The maximum atomic E-state index is 5.32. The lowest BCUT2D eigenvalue weighted by Gasteiger charge is -2.26. The Morgan fingerprint density at radius 1 is 1.40 bits per heavy atom. The predicted molar refractivity (Wildman–Crippen MR) is 85.1 cm³/mol. The number of rotatable bonds is 5. The number of aromatic nitrogens is 1. The summed E-state index contributed by atoms with van der Waals surface area (Å²) < 4.78 is 5.32. The topological polar surface area (TPSA) is 49.4 Å². The molecule has 0 spiro atoms. The van der Waals surface area contributed by atoms with E-state index in [0.29, 0.717) is 5.11 Å². The first-order chi connectivity index (χ1) is 9.74. The van der Waals surface area contributed by atoms with E-state index in [-0.39, 0.29) is 0 Å². The van der Waals surface area contributed by atoms with Gasteiger partial charge in [-0.25, -0.2) is 4.98 Å². The van der Waals surface area contributed by atoms with Gasteiger partial charge in [-0.15, -0.1) is 0 Å². The average Bonchev–Trinajstić information content (AvgIpc) is 2.47. The summed E-state index contributed by atoms with van der Waals surface area (Å²) in [5, 5.41) is 6.92. The molecule has 2 N–H and O–H groups in total. The van der Waals surface area contributed by atoms with E-state index in [9.17, 15) is 0 Å². The van der Waals surface area contributed by atoms with Crippen LogP contribution in [-0.4, -0.2) is 54.4 Å². The van der Waals surface area contributed by atoms with E-state index in [4.69, 9.17) is 17.0 Å². The molecule has 1 fully saturated rings. The molecule has 0 radical (unpaired) electrons. The fourth-order valence-corrected chi connectivity index (χ4v) is 2.24. The van der Waals surface area contributed by atoms with Crippen molar-refractivity contribution < 1.29 is 4.74 Å². The Morgan fingerprint density at radius 2 is 2.20 bits per heavy atom. The number of hydrogen-bond donors (Lipinski definition) is 2. The van der Waals surface area contributed by atoms with Crippen LogP contribution in [0.5, 0.6) is 0 Å². The molecular formula is C14H22N4OS. The fraction of sp³-hybridized carbons (Fsp3) is 0.571. The van der Waals surface area contributed by atoms with E-state index in [1.807, 2.05) is 25.3 Å². The van der Waals surface area contributed by atoms with Crippen LogP contribution in [0.15, 0.2) is 18.3 Å². The standard InChI is InChI=1S/C14H22N4OS/c1-12-3-4-13(16-11-12)17-14(20)15-5-2-6-18-7-9-19-10-8-18/h3-4,11H,2,5-10H2,1H3,(H2,15,16,17,20). The van der Waals surface area contributed by atoms with Crippen molar-refractivity contribution in [1.82, 2.24) is 15.2 Å². The van der Waals surface area contributed by atoms with Crippen LogP contribution >= 0.6 is 12.2 Å². The Hall–Kier alpha value is -1.24. The van der Waals surface area contributed by atoms with Crippen LogP contribution in [0.3, 0.4) is 0 Å². The van der Waals surface area contributed by atoms with E-state index in [2.05, 4.69) is 20.5 Å². The van der Waals surface area contributed by atoms with Crippen LogP contribution in [0.25, 0.3) is 0 Å². The molecule has 1 aromatic rings. The van der Waals surface area contributed by atoms with Crippen LogP contribution in [-0.2, 0) is 4.74 Å². The number of thiocarbonyl (C=S) groups is 1. The lowest BCUT2D eigenvalue weighted by Crippen LogP contribution is -2.38. The van der Waals surface area contributed by atoms with Crippen molar-refractivity contribution in [2.75, 3.05) is 44.7 Å². The van der Waals surface area contributed by atoms with Crippen LogP contribution in [0.2, 0.25) is 0 Å². The number of nitrogens with one attached hydrogen (secondary N) is 2. The zero-order valence-electron chi connectivity index (χ0n) is 11.9. The quantitative estimate of drug-likeness (QED) is 0.632. The van der Waals surface area contributed by atoms with Gasteiger partial charge in [-0.1, -0.05) is 6.07 Å². The molecule has 1 saturated heterocycles. The number of morpholine rings is 1. The second-order valence-electron chi connectivity index (χ2n) is 4.91. The summed E-state index contributed by atoms with van der Waals surface area (Å²) >= 11 is 5.24. The summed E-state index contributed by atoms with van der Waals surface area (Å²) in [7, 11) is 0. The second-order valence-corrected chi connectivity index (χ2v) is 5.32. The van der Waals surface area contributed by atoms with E-state index >= 15 is 0 Å². The van der Waals surface area contributed by atoms with Gasteiger partial charge in [-0.3, -0.25) is 4.90 Å². The number of hydrogen-bond acceptors (Lipinski definition) is 4. The molecule has 0 unspecified atom stereocenters. The minimum atomic E-state index is 0.628. The van der Waals surface area contributed by atoms with Crippen LogP contribution in [0, 0.1) is 6.92 Å². The van der Waals surface area contributed by atoms with E-state index in [1.54, 1.807) is 0 Å². The van der Waals surface area contributed by atoms with Crippen molar-refractivity contribution >= 4 is 23.1 Å². The SMILES string of the molecule is Cc1ccc(NC(=S)NCCCN2CCOCC2)nc1. The second kappa shape index (κ2) is 8.14. The van der Waals surface area contributed by atoms with Crippen LogP contribution < -0.4 is 10.6 Å². The Morgan fingerprint density at radius 3 is 2.90 bits per heavy atom. The van der Waals surface area contributed by atoms with Gasteiger partial charge in [0.25, 0.3) is 0 Å². The molecule has 20 heavy (non-hydrogen) atoms. The van der Waals surface area contributed by atoms with Gasteiger partial charge in [0.15, 0.2) is 5.11 Å². The Labute approximate surface area is 125 Å². The van der Waals surface area contributed by atoms with Crippen molar-refractivity contribution in [2.45, 2.75) is 13.3 Å². The molecule has 6 heteroatoms. The maximum absolute atomic E-state index is 5.32. The highest BCUT2D eigenvalue weighted by atomic mass is 32.1. The van der Waals surface area contributed by atoms with Crippen molar-refractivity contribution in [3.8, 4) is 0 Å². The summed E-state index contributed by atoms with van der Waals surface area (Å²) in [6.45, 7) is 7.75. The highest BCUT2D eigenvalue weighted by Crippen LogP contribution is 2.03. The van der Waals surface area contributed by atoms with Gasteiger partial charge in [0.1, 0.15) is 5.82 Å². The number of anilines is 1. The molecule has 0 atom stereocenters. The van der Waals surface area contributed by atoms with Gasteiger partial charge in [0.2, 0.25) is 0 Å². The van der Waals surface area contributed by atoms with Gasteiger partial charge in [0.05, 0.1) is 13.2 Å². The summed E-state index contributed by atoms with van der Waals surface area (Å²) in [5.74, 6) is 0.779. The van der Waals surface area contributed by atoms with E-state index < -0.39 is 0 Å². The molecule has 2 heterocycles. The minimum absolute atomic E-state index is 0.628. The minimum Gasteiger partial charge on any atom is -0.379 e. The molecule has 0 saturated carbocycles. The highest BCUT2D eigenvalue weighted by Gasteiger charge is 2.09. The zero-order valence-corrected chi connectivity index (χ0v) is 12.7. The van der Waals surface area contributed by atoms with Crippen molar-refractivity contribution in [3.05, 3.63) is 23.9 Å². The third kappa shape index (κ3) is 5.40. The van der Waals surface area contributed by atoms with Gasteiger partial charge < -0.3 is 15.4 Å². The first-order valence-electron chi connectivity index (χ1n) is 7.01. The molecule has 5 nitrogen and oxygen atoms in total. The molecule has 1 aliphatic heterocycles. The number of nitrogens with zero attached hydrogens (tertiary/aromatic N) is 2. The maximum Gasteiger partial charge on any atom is 0.171 e. The molecule has 0 bridgehead atoms. The largest absolute Gasteiger partial charge is 0.379 e.